The SMILES string of the molecule is Cc1cncc(C(=O)N2CCn3cc(CC(=O)NCc4cccnc4)nc3C2C)c1.O=C(O)C(F)(F)F. The highest BCUT2D eigenvalue weighted by molar-refractivity contribution is 5.94. The number of aryl methyl sites for hydroxylation is 1. The number of aliphatic carboxylic acids is 1. The smallest absolute Gasteiger partial charge is 0.475 e. The second kappa shape index (κ2) is 11.6. The summed E-state index contributed by atoms with van der Waals surface area (Å²) in [6.07, 6.45) is 3.78. The van der Waals surface area contributed by atoms with Crippen LogP contribution in [-0.2, 0) is 29.1 Å². The van der Waals surface area contributed by atoms with Gasteiger partial charge in [0.15, 0.2) is 0 Å². The molecule has 10 nitrogen and oxygen atoms in total. The third-order valence-corrected chi connectivity index (χ3v) is 5.46. The number of hydrogen-bond acceptors (Lipinski definition) is 6. The van der Waals surface area contributed by atoms with Gasteiger partial charge in [-0.3, -0.25) is 19.6 Å². The lowest BCUT2D eigenvalue weighted by molar-refractivity contribution is -0.192. The molecule has 0 radical (unpaired) electrons. The van der Waals surface area contributed by atoms with E-state index in [1.165, 1.54) is 0 Å². The minimum atomic E-state index is -5.08. The summed E-state index contributed by atoms with van der Waals surface area (Å²) >= 11 is 0. The molecular formula is C24H25F3N6O4. The van der Waals surface area contributed by atoms with E-state index in [1.54, 1.807) is 24.8 Å². The van der Waals surface area contributed by atoms with Gasteiger partial charge in [-0.25, -0.2) is 9.78 Å². The van der Waals surface area contributed by atoms with Crippen molar-refractivity contribution in [1.82, 2.24) is 29.7 Å². The topological polar surface area (TPSA) is 130 Å². The lowest BCUT2D eigenvalue weighted by Gasteiger charge is -2.33. The number of nitrogens with one attached hydrogen (secondary N) is 1. The zero-order chi connectivity index (χ0) is 27.2. The number of carboxylic acid groups (broad SMARTS) is 1. The number of carbonyl (C=O) groups is 3. The van der Waals surface area contributed by atoms with E-state index in [0.29, 0.717) is 30.9 Å². The Bertz CT molecular complexity index is 1260. The minimum absolute atomic E-state index is 0.0521. The molecule has 4 heterocycles. The van der Waals surface area contributed by atoms with Gasteiger partial charge in [-0.05, 0) is 37.1 Å². The number of hydrogen-bond donors (Lipinski definition) is 2. The van der Waals surface area contributed by atoms with Gasteiger partial charge < -0.3 is 19.9 Å². The summed E-state index contributed by atoms with van der Waals surface area (Å²) in [4.78, 5) is 48.8. The predicted molar refractivity (Wildman–Crippen MR) is 124 cm³/mol. The molecule has 3 aromatic rings. The number of carboxylic acids is 1. The monoisotopic (exact) mass is 518 g/mol. The summed E-state index contributed by atoms with van der Waals surface area (Å²) in [5.41, 5.74) is 3.18. The van der Waals surface area contributed by atoms with E-state index < -0.39 is 12.1 Å². The van der Waals surface area contributed by atoms with Gasteiger partial charge >= 0.3 is 12.1 Å². The van der Waals surface area contributed by atoms with E-state index in [2.05, 4.69) is 20.3 Å². The standard InChI is InChI=1S/C22H24N6O2.C2HF3O2/c1-15-8-18(13-24-10-15)22(30)28-7-6-27-14-19(26-21(27)16(28)2)9-20(29)25-12-17-4-3-5-23-11-17;3-2(4,5)1(6)7/h3-5,8,10-11,13-14,16H,6-7,9,12H2,1-2H3,(H,25,29);(H,6,7). The van der Waals surface area contributed by atoms with E-state index in [9.17, 15) is 22.8 Å². The van der Waals surface area contributed by atoms with Crippen LogP contribution < -0.4 is 5.32 Å². The average Bonchev–Trinajstić information content (AvgIpc) is 3.26. The highest BCUT2D eigenvalue weighted by Crippen LogP contribution is 2.26. The third-order valence-electron chi connectivity index (χ3n) is 5.46. The fraction of sp³-hybridized carbons (Fsp3) is 0.333. The normalized spacial score (nSPS) is 14.7. The first-order valence-corrected chi connectivity index (χ1v) is 11.2. The Kier molecular flexibility index (Phi) is 8.58. The van der Waals surface area contributed by atoms with Gasteiger partial charge in [0.25, 0.3) is 5.91 Å². The Hall–Kier alpha value is -4.29. The van der Waals surface area contributed by atoms with E-state index in [4.69, 9.17) is 9.90 Å². The van der Waals surface area contributed by atoms with Crippen LogP contribution in [0.1, 0.15) is 46.0 Å². The van der Waals surface area contributed by atoms with Crippen LogP contribution in [0.5, 0.6) is 0 Å². The third kappa shape index (κ3) is 7.35. The Morgan fingerprint density at radius 3 is 2.51 bits per heavy atom. The van der Waals surface area contributed by atoms with E-state index in [1.807, 2.05) is 47.7 Å². The predicted octanol–water partition coefficient (Wildman–Crippen LogP) is 2.69. The molecule has 1 atom stereocenters. The van der Waals surface area contributed by atoms with Crippen molar-refractivity contribution in [2.24, 2.45) is 0 Å². The van der Waals surface area contributed by atoms with Crippen LogP contribution in [0.2, 0.25) is 0 Å². The number of rotatable bonds is 5. The van der Waals surface area contributed by atoms with E-state index >= 15 is 0 Å². The molecule has 3 aromatic heterocycles. The number of amides is 2. The summed E-state index contributed by atoms with van der Waals surface area (Å²) in [5.74, 6) is -2.11. The molecular weight excluding hydrogens is 493 g/mol. The number of fused-ring (bicyclic) bond motifs is 1. The summed E-state index contributed by atoms with van der Waals surface area (Å²) in [6.45, 7) is 5.55. The second-order valence-corrected chi connectivity index (χ2v) is 8.33. The lowest BCUT2D eigenvalue weighted by Crippen LogP contribution is -2.41. The molecule has 37 heavy (non-hydrogen) atoms. The van der Waals surface area contributed by atoms with Crippen molar-refractivity contribution in [2.75, 3.05) is 6.54 Å². The summed E-state index contributed by atoms with van der Waals surface area (Å²) < 4.78 is 33.8. The van der Waals surface area contributed by atoms with Crippen LogP contribution >= 0.6 is 0 Å². The quantitative estimate of drug-likeness (QED) is 0.531. The molecule has 2 amide bonds. The average molecular weight is 518 g/mol. The van der Waals surface area contributed by atoms with Gasteiger partial charge in [0.05, 0.1) is 23.7 Å². The van der Waals surface area contributed by atoms with Crippen molar-refractivity contribution >= 4 is 17.8 Å². The summed E-state index contributed by atoms with van der Waals surface area (Å²) in [5, 5.41) is 10.0. The van der Waals surface area contributed by atoms with Crippen molar-refractivity contribution in [3.8, 4) is 0 Å². The van der Waals surface area contributed by atoms with Crippen LogP contribution in [-0.4, -0.2) is 60.0 Å². The summed E-state index contributed by atoms with van der Waals surface area (Å²) in [7, 11) is 0. The van der Waals surface area contributed by atoms with Crippen molar-refractivity contribution in [3.05, 3.63) is 77.4 Å². The molecule has 0 spiro atoms. The van der Waals surface area contributed by atoms with Crippen LogP contribution in [0, 0.1) is 6.92 Å². The number of carbonyl (C=O) groups excluding carboxylic acids is 2. The molecule has 196 valence electrons. The van der Waals surface area contributed by atoms with Gasteiger partial charge in [0.1, 0.15) is 5.82 Å². The minimum Gasteiger partial charge on any atom is -0.475 e. The molecule has 0 saturated carbocycles. The first-order valence-electron chi connectivity index (χ1n) is 11.2. The highest BCUT2D eigenvalue weighted by Gasteiger charge is 2.38. The van der Waals surface area contributed by atoms with Gasteiger partial charge in [-0.2, -0.15) is 13.2 Å². The molecule has 0 fully saturated rings. The zero-order valence-corrected chi connectivity index (χ0v) is 20.1. The number of nitrogens with zero attached hydrogens (tertiary/aromatic N) is 5. The van der Waals surface area contributed by atoms with Gasteiger partial charge in [-0.15, -0.1) is 0 Å². The Morgan fingerprint density at radius 2 is 1.89 bits per heavy atom. The first kappa shape index (κ1) is 27.3. The van der Waals surface area contributed by atoms with Crippen molar-refractivity contribution < 1.29 is 32.7 Å². The second-order valence-electron chi connectivity index (χ2n) is 8.33. The van der Waals surface area contributed by atoms with Gasteiger partial charge in [-0.1, -0.05) is 6.07 Å². The maximum absolute atomic E-state index is 13.0. The summed E-state index contributed by atoms with van der Waals surface area (Å²) in [6, 6.07) is 5.42. The number of alkyl halides is 3. The van der Waals surface area contributed by atoms with Crippen LogP contribution in [0.4, 0.5) is 13.2 Å². The highest BCUT2D eigenvalue weighted by atomic mass is 19.4. The lowest BCUT2D eigenvalue weighted by atomic mass is 10.1. The number of halogens is 3. The fourth-order valence-corrected chi connectivity index (χ4v) is 3.68. The molecule has 1 unspecified atom stereocenters. The molecule has 1 aliphatic heterocycles. The Morgan fingerprint density at radius 1 is 1.16 bits per heavy atom. The molecule has 4 rings (SSSR count). The molecule has 2 N–H and O–H groups in total. The van der Waals surface area contributed by atoms with Crippen LogP contribution in [0.25, 0.3) is 0 Å². The van der Waals surface area contributed by atoms with Crippen molar-refractivity contribution in [1.29, 1.82) is 0 Å². The number of aromatic nitrogens is 4. The van der Waals surface area contributed by atoms with Crippen LogP contribution in [0.3, 0.4) is 0 Å². The van der Waals surface area contributed by atoms with Crippen molar-refractivity contribution in [2.45, 2.75) is 45.6 Å². The molecule has 0 saturated heterocycles. The number of imidazole rings is 1. The maximum Gasteiger partial charge on any atom is 0.490 e. The maximum atomic E-state index is 13.0. The largest absolute Gasteiger partial charge is 0.490 e. The first-order chi connectivity index (χ1) is 17.5. The van der Waals surface area contributed by atoms with E-state index in [0.717, 1.165) is 17.0 Å². The van der Waals surface area contributed by atoms with Crippen molar-refractivity contribution in [3.63, 3.8) is 0 Å². The molecule has 13 heteroatoms. The molecule has 0 bridgehead atoms. The van der Waals surface area contributed by atoms with Gasteiger partial charge in [0, 0.05) is 50.6 Å². The Balaban J connectivity index is 0.000000479. The number of pyridine rings is 2. The molecule has 0 aliphatic carbocycles. The molecule has 0 aromatic carbocycles. The molecule has 1 aliphatic rings. The zero-order valence-electron chi connectivity index (χ0n) is 20.1. The van der Waals surface area contributed by atoms with Gasteiger partial charge in [0.2, 0.25) is 5.91 Å². The van der Waals surface area contributed by atoms with E-state index in [-0.39, 0.29) is 24.3 Å². The fourth-order valence-electron chi connectivity index (χ4n) is 3.68. The van der Waals surface area contributed by atoms with Crippen LogP contribution in [0.15, 0.2) is 49.2 Å². The Labute approximate surface area is 210 Å².